The SMILES string of the molecule is O=C(N/N=C\c1c(O)ccc2ccccc12)C1CCN(C(=O)c2ccc(Cl)cc2)CC1. The van der Waals surface area contributed by atoms with Crippen LogP contribution in [0.2, 0.25) is 5.02 Å². The van der Waals surface area contributed by atoms with E-state index in [1.54, 1.807) is 35.2 Å². The average Bonchev–Trinajstić information content (AvgIpc) is 2.80. The first-order chi connectivity index (χ1) is 15.0. The molecule has 0 spiro atoms. The highest BCUT2D eigenvalue weighted by Crippen LogP contribution is 2.25. The molecule has 1 aliphatic heterocycles. The van der Waals surface area contributed by atoms with Gasteiger partial charge in [0.25, 0.3) is 5.91 Å². The van der Waals surface area contributed by atoms with E-state index in [0.29, 0.717) is 42.1 Å². The van der Waals surface area contributed by atoms with E-state index in [2.05, 4.69) is 10.5 Å². The number of nitrogens with zero attached hydrogens (tertiary/aromatic N) is 2. The first-order valence-corrected chi connectivity index (χ1v) is 10.5. The Labute approximate surface area is 185 Å². The Morgan fingerprint density at radius 3 is 2.48 bits per heavy atom. The number of carbonyl (C=O) groups excluding carboxylic acids is 2. The predicted molar refractivity (Wildman–Crippen MR) is 121 cm³/mol. The largest absolute Gasteiger partial charge is 0.507 e. The van der Waals surface area contributed by atoms with Crippen molar-refractivity contribution in [3.05, 3.63) is 76.8 Å². The van der Waals surface area contributed by atoms with Crippen molar-refractivity contribution in [2.75, 3.05) is 13.1 Å². The number of hydrazone groups is 1. The summed E-state index contributed by atoms with van der Waals surface area (Å²) in [7, 11) is 0. The molecule has 0 aliphatic carbocycles. The normalized spacial score (nSPS) is 14.8. The van der Waals surface area contributed by atoms with Crippen molar-refractivity contribution in [2.45, 2.75) is 12.8 Å². The van der Waals surface area contributed by atoms with E-state index < -0.39 is 0 Å². The van der Waals surface area contributed by atoms with E-state index in [1.807, 2.05) is 30.3 Å². The van der Waals surface area contributed by atoms with Gasteiger partial charge in [-0.25, -0.2) is 5.43 Å². The number of aromatic hydroxyl groups is 1. The van der Waals surface area contributed by atoms with Gasteiger partial charge in [0.1, 0.15) is 5.75 Å². The lowest BCUT2D eigenvalue weighted by Gasteiger charge is -2.31. The first-order valence-electron chi connectivity index (χ1n) is 10.1. The van der Waals surface area contributed by atoms with Crippen molar-refractivity contribution in [3.8, 4) is 5.75 Å². The number of rotatable bonds is 4. The van der Waals surface area contributed by atoms with Gasteiger partial charge in [-0.15, -0.1) is 0 Å². The number of nitrogens with one attached hydrogen (secondary N) is 1. The van der Waals surface area contributed by atoms with Crippen LogP contribution in [0.25, 0.3) is 10.8 Å². The maximum absolute atomic E-state index is 12.6. The second-order valence-electron chi connectivity index (χ2n) is 7.53. The predicted octanol–water partition coefficient (Wildman–Crippen LogP) is 4.20. The fourth-order valence-electron chi connectivity index (χ4n) is 3.79. The van der Waals surface area contributed by atoms with Gasteiger partial charge < -0.3 is 10.0 Å². The standard InChI is InChI=1S/C24H22ClN3O3/c25-19-8-5-18(6-9-19)24(31)28-13-11-17(12-14-28)23(30)27-26-15-21-20-4-2-1-3-16(20)7-10-22(21)29/h1-10,15,17,29H,11-14H2,(H,27,30)/b26-15-. The summed E-state index contributed by atoms with van der Waals surface area (Å²) in [6.07, 6.45) is 2.61. The van der Waals surface area contributed by atoms with Crippen LogP contribution in [-0.4, -0.2) is 41.1 Å². The fourth-order valence-corrected chi connectivity index (χ4v) is 3.92. The second kappa shape index (κ2) is 9.18. The van der Waals surface area contributed by atoms with Crippen LogP contribution < -0.4 is 5.43 Å². The number of fused-ring (bicyclic) bond motifs is 1. The number of carbonyl (C=O) groups is 2. The molecule has 0 unspecified atom stereocenters. The topological polar surface area (TPSA) is 82.0 Å². The minimum absolute atomic E-state index is 0.0556. The number of benzene rings is 3. The van der Waals surface area contributed by atoms with Gasteiger partial charge in [0.05, 0.1) is 6.21 Å². The molecule has 158 valence electrons. The van der Waals surface area contributed by atoms with Gasteiger partial charge in [-0.05, 0) is 53.9 Å². The minimum Gasteiger partial charge on any atom is -0.507 e. The summed E-state index contributed by atoms with van der Waals surface area (Å²) in [6.45, 7) is 1.01. The Morgan fingerprint density at radius 2 is 1.74 bits per heavy atom. The van der Waals surface area contributed by atoms with Crippen LogP contribution in [0.3, 0.4) is 0 Å². The van der Waals surface area contributed by atoms with Crippen LogP contribution in [0.1, 0.15) is 28.8 Å². The van der Waals surface area contributed by atoms with Crippen molar-refractivity contribution >= 4 is 40.4 Å². The quantitative estimate of drug-likeness (QED) is 0.476. The van der Waals surface area contributed by atoms with Crippen molar-refractivity contribution in [2.24, 2.45) is 11.0 Å². The first kappa shape index (κ1) is 20.9. The number of halogens is 1. The molecule has 1 fully saturated rings. The van der Waals surface area contributed by atoms with Gasteiger partial charge in [-0.3, -0.25) is 9.59 Å². The fraction of sp³-hybridized carbons (Fsp3) is 0.208. The molecule has 2 amide bonds. The third-order valence-corrected chi connectivity index (χ3v) is 5.81. The van der Waals surface area contributed by atoms with Crippen LogP contribution in [0.4, 0.5) is 0 Å². The van der Waals surface area contributed by atoms with Gasteiger partial charge in [-0.2, -0.15) is 5.10 Å². The molecule has 0 bridgehead atoms. The Morgan fingerprint density at radius 1 is 1.03 bits per heavy atom. The number of hydrogen-bond donors (Lipinski definition) is 2. The Balaban J connectivity index is 1.34. The van der Waals surface area contributed by atoms with Crippen molar-refractivity contribution < 1.29 is 14.7 Å². The molecule has 1 aliphatic rings. The molecule has 6 nitrogen and oxygen atoms in total. The molecule has 0 aromatic heterocycles. The van der Waals surface area contributed by atoms with Crippen LogP contribution in [0, 0.1) is 5.92 Å². The number of amides is 2. The minimum atomic E-state index is -0.215. The summed E-state index contributed by atoms with van der Waals surface area (Å²) < 4.78 is 0. The molecule has 3 aromatic rings. The van der Waals surface area contributed by atoms with Crippen LogP contribution >= 0.6 is 11.6 Å². The third-order valence-electron chi connectivity index (χ3n) is 5.56. The number of phenolic OH excluding ortho intramolecular Hbond substituents is 1. The molecule has 7 heteroatoms. The van der Waals surface area contributed by atoms with Crippen LogP contribution in [0.15, 0.2) is 65.8 Å². The zero-order valence-electron chi connectivity index (χ0n) is 16.8. The summed E-state index contributed by atoms with van der Waals surface area (Å²) in [5.41, 5.74) is 3.72. The monoisotopic (exact) mass is 435 g/mol. The van der Waals surface area contributed by atoms with Crippen molar-refractivity contribution in [1.82, 2.24) is 10.3 Å². The van der Waals surface area contributed by atoms with E-state index in [1.165, 1.54) is 6.21 Å². The molecule has 1 saturated heterocycles. The van der Waals surface area contributed by atoms with Crippen LogP contribution in [0.5, 0.6) is 5.75 Å². The molecule has 0 saturated carbocycles. The molecule has 4 rings (SSSR count). The maximum Gasteiger partial charge on any atom is 0.253 e. The molecule has 0 radical (unpaired) electrons. The number of phenols is 1. The van der Waals surface area contributed by atoms with Crippen molar-refractivity contribution in [3.63, 3.8) is 0 Å². The molecule has 1 heterocycles. The summed E-state index contributed by atoms with van der Waals surface area (Å²) in [5.74, 6) is -0.354. The summed E-state index contributed by atoms with van der Waals surface area (Å²) in [5, 5.41) is 16.6. The molecular formula is C24H22ClN3O3. The van der Waals surface area contributed by atoms with E-state index in [-0.39, 0.29) is 23.5 Å². The second-order valence-corrected chi connectivity index (χ2v) is 7.96. The highest BCUT2D eigenvalue weighted by Gasteiger charge is 2.27. The Kier molecular flexibility index (Phi) is 6.18. The van der Waals surface area contributed by atoms with Gasteiger partial charge in [0, 0.05) is 35.2 Å². The average molecular weight is 436 g/mol. The summed E-state index contributed by atoms with van der Waals surface area (Å²) in [6, 6.07) is 17.9. The van der Waals surface area contributed by atoms with Crippen LogP contribution in [-0.2, 0) is 4.79 Å². The summed E-state index contributed by atoms with van der Waals surface area (Å²) >= 11 is 5.88. The Hall–Kier alpha value is -3.38. The van der Waals surface area contributed by atoms with Gasteiger partial charge in [-0.1, -0.05) is 41.9 Å². The summed E-state index contributed by atoms with van der Waals surface area (Å²) in [4.78, 5) is 26.9. The molecular weight excluding hydrogens is 414 g/mol. The lowest BCUT2D eigenvalue weighted by atomic mass is 9.95. The lowest BCUT2D eigenvalue weighted by molar-refractivity contribution is -0.126. The molecule has 31 heavy (non-hydrogen) atoms. The number of piperidine rings is 1. The number of hydrogen-bond acceptors (Lipinski definition) is 4. The van der Waals surface area contributed by atoms with E-state index in [9.17, 15) is 14.7 Å². The van der Waals surface area contributed by atoms with Crippen molar-refractivity contribution in [1.29, 1.82) is 0 Å². The molecule has 3 aromatic carbocycles. The zero-order valence-corrected chi connectivity index (χ0v) is 17.5. The highest BCUT2D eigenvalue weighted by atomic mass is 35.5. The lowest BCUT2D eigenvalue weighted by Crippen LogP contribution is -2.42. The van der Waals surface area contributed by atoms with E-state index in [0.717, 1.165) is 10.8 Å². The van der Waals surface area contributed by atoms with Gasteiger partial charge in [0.2, 0.25) is 5.91 Å². The van der Waals surface area contributed by atoms with Gasteiger partial charge in [0.15, 0.2) is 0 Å². The van der Waals surface area contributed by atoms with E-state index >= 15 is 0 Å². The molecule has 2 N–H and O–H groups in total. The third kappa shape index (κ3) is 4.70. The van der Waals surface area contributed by atoms with E-state index in [4.69, 9.17) is 11.6 Å². The smallest absolute Gasteiger partial charge is 0.253 e. The number of likely N-dealkylation sites (tertiary alicyclic amines) is 1. The highest BCUT2D eigenvalue weighted by molar-refractivity contribution is 6.30. The van der Waals surface area contributed by atoms with Gasteiger partial charge >= 0.3 is 0 Å². The maximum atomic E-state index is 12.6. The molecule has 0 atom stereocenters. The zero-order chi connectivity index (χ0) is 21.8. The Bertz CT molecular complexity index is 1140.